The molecule has 1 N–H and O–H groups in total. The average Bonchev–Trinajstić information content (AvgIpc) is 1.96. The summed E-state index contributed by atoms with van der Waals surface area (Å²) in [6.45, 7) is 2.19. The Morgan fingerprint density at radius 1 is 1.09 bits per heavy atom. The van der Waals surface area contributed by atoms with Gasteiger partial charge in [-0.25, -0.2) is 0 Å². The molecule has 2 nitrogen and oxygen atoms in total. The van der Waals surface area contributed by atoms with Crippen molar-refractivity contribution in [1.82, 2.24) is 0 Å². The standard InChI is InChI=1S/C8H17O2P/c1-2-3-4-5-6-7-8-11(9)10/h2-8H2,1H3/p+1. The Labute approximate surface area is 69.9 Å². The van der Waals surface area contributed by atoms with Gasteiger partial charge in [0.1, 0.15) is 0 Å². The fraction of sp³-hybridized carbons (Fsp3) is 1.00. The van der Waals surface area contributed by atoms with E-state index in [4.69, 9.17) is 4.89 Å². The first-order valence-electron chi connectivity index (χ1n) is 4.41. The van der Waals surface area contributed by atoms with E-state index in [9.17, 15) is 4.57 Å². The fourth-order valence-electron chi connectivity index (χ4n) is 1.03. The van der Waals surface area contributed by atoms with Gasteiger partial charge in [0.2, 0.25) is 0 Å². The topological polar surface area (TPSA) is 37.3 Å². The van der Waals surface area contributed by atoms with Gasteiger partial charge in [0.25, 0.3) is 0 Å². The van der Waals surface area contributed by atoms with Crippen LogP contribution < -0.4 is 0 Å². The number of rotatable bonds is 7. The molecule has 1 atom stereocenters. The van der Waals surface area contributed by atoms with Crippen LogP contribution in [0.3, 0.4) is 0 Å². The molecule has 1 unspecified atom stereocenters. The van der Waals surface area contributed by atoms with Crippen LogP contribution in [0, 0.1) is 0 Å². The maximum Gasteiger partial charge on any atom is 0.505 e. The summed E-state index contributed by atoms with van der Waals surface area (Å²) >= 11 is 0. The molecule has 0 heterocycles. The van der Waals surface area contributed by atoms with Gasteiger partial charge < -0.3 is 0 Å². The van der Waals surface area contributed by atoms with Gasteiger partial charge in [-0.15, -0.1) is 0 Å². The SMILES string of the molecule is CCCCCCCC[P+](=O)O. The Hall–Kier alpha value is 0.0600. The normalized spacial score (nSPS) is 11.6. The van der Waals surface area contributed by atoms with E-state index in [-0.39, 0.29) is 0 Å². The largest absolute Gasteiger partial charge is 0.505 e. The van der Waals surface area contributed by atoms with Gasteiger partial charge in [-0.2, -0.15) is 4.89 Å². The minimum Gasteiger partial charge on any atom is -0.161 e. The van der Waals surface area contributed by atoms with Crippen LogP contribution in [-0.2, 0) is 4.57 Å². The quantitative estimate of drug-likeness (QED) is 0.479. The summed E-state index contributed by atoms with van der Waals surface area (Å²) in [5.74, 6) is 0. The molecule has 0 aromatic rings. The second kappa shape index (κ2) is 8.16. The molecule has 0 spiro atoms. The lowest BCUT2D eigenvalue weighted by molar-refractivity contribution is 0.498. The van der Waals surface area contributed by atoms with Gasteiger partial charge in [0.05, 0.1) is 0 Å². The third-order valence-electron chi connectivity index (χ3n) is 1.70. The molecule has 0 rings (SSSR count). The molecule has 0 saturated heterocycles. The maximum absolute atomic E-state index is 10.2. The van der Waals surface area contributed by atoms with Crippen molar-refractivity contribution in [3.8, 4) is 0 Å². The molecule has 11 heavy (non-hydrogen) atoms. The molecule has 0 aromatic carbocycles. The molecular weight excluding hydrogens is 159 g/mol. The van der Waals surface area contributed by atoms with E-state index in [1.54, 1.807) is 0 Å². The maximum atomic E-state index is 10.2. The van der Waals surface area contributed by atoms with E-state index in [1.165, 1.54) is 25.7 Å². The highest BCUT2D eigenvalue weighted by Gasteiger charge is 2.07. The van der Waals surface area contributed by atoms with Crippen LogP contribution >= 0.6 is 8.03 Å². The molecular formula is C8H18O2P+. The van der Waals surface area contributed by atoms with Crippen molar-refractivity contribution in [3.05, 3.63) is 0 Å². The van der Waals surface area contributed by atoms with Gasteiger partial charge in [0.15, 0.2) is 6.16 Å². The summed E-state index contributed by atoms with van der Waals surface area (Å²) in [6.07, 6.45) is 7.56. The lowest BCUT2D eigenvalue weighted by Crippen LogP contribution is -1.81. The molecule has 3 heteroatoms. The van der Waals surface area contributed by atoms with E-state index >= 15 is 0 Å². The average molecular weight is 177 g/mol. The Kier molecular flexibility index (Phi) is 8.20. The predicted molar refractivity (Wildman–Crippen MR) is 48.1 cm³/mol. The van der Waals surface area contributed by atoms with Gasteiger partial charge in [-0.1, -0.05) is 32.6 Å². The molecule has 0 saturated carbocycles. The van der Waals surface area contributed by atoms with Gasteiger partial charge >= 0.3 is 8.03 Å². The van der Waals surface area contributed by atoms with Crippen molar-refractivity contribution in [1.29, 1.82) is 0 Å². The first kappa shape index (κ1) is 11.1. The number of hydrogen-bond acceptors (Lipinski definition) is 1. The zero-order valence-electron chi connectivity index (χ0n) is 7.25. The highest BCUT2D eigenvalue weighted by Crippen LogP contribution is 2.16. The van der Waals surface area contributed by atoms with Crippen LogP contribution in [0.5, 0.6) is 0 Å². The minimum absolute atomic E-state index is 0.488. The number of hydrogen-bond donors (Lipinski definition) is 1. The minimum atomic E-state index is -1.87. The van der Waals surface area contributed by atoms with Crippen LogP contribution in [0.25, 0.3) is 0 Å². The molecule has 0 aliphatic rings. The molecule has 66 valence electrons. The Balaban J connectivity index is 2.85. The lowest BCUT2D eigenvalue weighted by Gasteiger charge is -1.94. The van der Waals surface area contributed by atoms with E-state index in [0.717, 1.165) is 12.8 Å². The second-order valence-electron chi connectivity index (χ2n) is 2.84. The highest BCUT2D eigenvalue weighted by molar-refractivity contribution is 7.37. The molecule has 0 aliphatic carbocycles. The number of unbranched alkanes of at least 4 members (excludes halogenated alkanes) is 5. The van der Waals surface area contributed by atoms with E-state index in [1.807, 2.05) is 0 Å². The zero-order chi connectivity index (χ0) is 8.53. The van der Waals surface area contributed by atoms with Gasteiger partial charge in [-0.3, -0.25) is 0 Å². The van der Waals surface area contributed by atoms with Crippen LogP contribution in [0.4, 0.5) is 0 Å². The van der Waals surface area contributed by atoms with E-state index < -0.39 is 8.03 Å². The second-order valence-corrected chi connectivity index (χ2v) is 4.00. The van der Waals surface area contributed by atoms with Gasteiger partial charge in [-0.05, 0) is 17.4 Å². The Bertz CT molecular complexity index is 104. The summed E-state index contributed by atoms with van der Waals surface area (Å²) in [7, 11) is -1.87. The molecule has 0 aromatic heterocycles. The first-order chi connectivity index (χ1) is 5.27. The first-order valence-corrected chi connectivity index (χ1v) is 5.80. The van der Waals surface area contributed by atoms with Gasteiger partial charge in [0, 0.05) is 0 Å². The third-order valence-corrected chi connectivity index (χ3v) is 2.40. The van der Waals surface area contributed by atoms with Crippen molar-refractivity contribution < 1.29 is 9.46 Å². The fourth-order valence-corrected chi connectivity index (χ4v) is 1.52. The molecule has 0 bridgehead atoms. The summed E-state index contributed by atoms with van der Waals surface area (Å²) < 4.78 is 10.2. The lowest BCUT2D eigenvalue weighted by atomic mass is 10.1. The van der Waals surface area contributed by atoms with E-state index in [2.05, 4.69) is 6.92 Å². The third kappa shape index (κ3) is 10.1. The molecule has 0 amide bonds. The predicted octanol–water partition coefficient (Wildman–Crippen LogP) is 3.08. The van der Waals surface area contributed by atoms with E-state index in [0.29, 0.717) is 6.16 Å². The van der Waals surface area contributed by atoms with Crippen molar-refractivity contribution >= 4 is 8.03 Å². The van der Waals surface area contributed by atoms with Crippen molar-refractivity contribution in [2.24, 2.45) is 0 Å². The highest BCUT2D eigenvalue weighted by atomic mass is 31.1. The summed E-state index contributed by atoms with van der Waals surface area (Å²) in [5, 5.41) is 0. The monoisotopic (exact) mass is 177 g/mol. The van der Waals surface area contributed by atoms with Crippen molar-refractivity contribution in [3.63, 3.8) is 0 Å². The Morgan fingerprint density at radius 2 is 1.64 bits per heavy atom. The van der Waals surface area contributed by atoms with Crippen LogP contribution in [0.2, 0.25) is 0 Å². The summed E-state index contributed by atoms with van der Waals surface area (Å²) in [4.78, 5) is 8.46. The molecule has 0 aliphatic heterocycles. The van der Waals surface area contributed by atoms with Crippen molar-refractivity contribution in [2.75, 3.05) is 6.16 Å². The summed E-state index contributed by atoms with van der Waals surface area (Å²) in [6, 6.07) is 0. The van der Waals surface area contributed by atoms with Crippen molar-refractivity contribution in [2.45, 2.75) is 45.4 Å². The smallest absolute Gasteiger partial charge is 0.161 e. The van der Waals surface area contributed by atoms with Crippen LogP contribution in [0.1, 0.15) is 45.4 Å². The van der Waals surface area contributed by atoms with Crippen LogP contribution in [-0.4, -0.2) is 11.1 Å². The summed E-state index contributed by atoms with van der Waals surface area (Å²) in [5.41, 5.74) is 0. The zero-order valence-corrected chi connectivity index (χ0v) is 8.15. The van der Waals surface area contributed by atoms with Crippen LogP contribution in [0.15, 0.2) is 0 Å². The molecule has 0 radical (unpaired) electrons. The Morgan fingerprint density at radius 3 is 2.18 bits per heavy atom. The molecule has 0 fully saturated rings.